The molecule has 28 heavy (non-hydrogen) atoms. The fourth-order valence-corrected chi connectivity index (χ4v) is 3.73. The molecule has 0 spiro atoms. The summed E-state index contributed by atoms with van der Waals surface area (Å²) in [5.41, 5.74) is 1.10. The number of aromatic nitrogens is 1. The van der Waals surface area contributed by atoms with Crippen LogP contribution in [-0.2, 0) is 6.42 Å². The highest BCUT2D eigenvalue weighted by atomic mass is 32.1. The molecule has 0 unspecified atom stereocenters. The van der Waals surface area contributed by atoms with Crippen LogP contribution in [0.15, 0.2) is 23.6 Å². The van der Waals surface area contributed by atoms with Crippen LogP contribution in [0.2, 0.25) is 0 Å². The molecule has 1 aromatic carbocycles. The van der Waals surface area contributed by atoms with Crippen LogP contribution in [0.5, 0.6) is 11.5 Å². The molecule has 1 amide bonds. The van der Waals surface area contributed by atoms with Crippen LogP contribution in [0.4, 0.5) is 5.69 Å². The maximum Gasteiger partial charge on any atom is 0.275 e. The number of carbonyl (C=O) groups excluding carboxylic acids is 1. The summed E-state index contributed by atoms with van der Waals surface area (Å²) in [7, 11) is 1.61. The number of nitrogens with one attached hydrogen (secondary N) is 1. The molecule has 0 aliphatic carbocycles. The Bertz CT molecular complexity index is 757. The van der Waals surface area contributed by atoms with Crippen molar-refractivity contribution in [2.45, 2.75) is 34.1 Å². The molecule has 1 heterocycles. The monoisotopic (exact) mass is 405 g/mol. The summed E-state index contributed by atoms with van der Waals surface area (Å²) in [5.74, 6) is 1.56. The summed E-state index contributed by atoms with van der Waals surface area (Å²) in [6.45, 7) is 11.9. The Hall–Kier alpha value is -2.12. The van der Waals surface area contributed by atoms with E-state index in [9.17, 15) is 4.79 Å². The third-order valence-electron chi connectivity index (χ3n) is 4.35. The first kappa shape index (κ1) is 22.2. The first-order chi connectivity index (χ1) is 13.5. The quantitative estimate of drug-likeness (QED) is 0.603. The van der Waals surface area contributed by atoms with Crippen molar-refractivity contribution in [1.82, 2.24) is 9.88 Å². The molecule has 0 bridgehead atoms. The minimum absolute atomic E-state index is 0.217. The SMILES string of the molecule is CCN(CC)CCOc1cc(NC(=O)c2csc(CC(C)C)n2)ccc1OC. The van der Waals surface area contributed by atoms with Crippen molar-refractivity contribution >= 4 is 22.9 Å². The Labute approximate surface area is 171 Å². The van der Waals surface area contributed by atoms with Crippen LogP contribution >= 0.6 is 11.3 Å². The predicted octanol–water partition coefficient (Wildman–Crippen LogP) is 4.32. The molecular formula is C21H31N3O3S. The lowest BCUT2D eigenvalue weighted by Gasteiger charge is -2.19. The van der Waals surface area contributed by atoms with Crippen molar-refractivity contribution in [3.63, 3.8) is 0 Å². The van der Waals surface area contributed by atoms with E-state index in [1.165, 1.54) is 11.3 Å². The van der Waals surface area contributed by atoms with E-state index in [2.05, 4.69) is 42.9 Å². The van der Waals surface area contributed by atoms with Gasteiger partial charge in [0.2, 0.25) is 0 Å². The van der Waals surface area contributed by atoms with Crippen molar-refractivity contribution in [2.24, 2.45) is 5.92 Å². The molecule has 0 aliphatic heterocycles. The molecule has 7 heteroatoms. The molecule has 0 atom stereocenters. The first-order valence-electron chi connectivity index (χ1n) is 9.75. The van der Waals surface area contributed by atoms with Gasteiger partial charge in [-0.1, -0.05) is 27.7 Å². The Balaban J connectivity index is 2.03. The van der Waals surface area contributed by atoms with E-state index in [0.717, 1.165) is 31.1 Å². The fourth-order valence-electron chi connectivity index (χ4n) is 2.75. The van der Waals surface area contributed by atoms with Crippen LogP contribution in [0, 0.1) is 5.92 Å². The summed E-state index contributed by atoms with van der Waals surface area (Å²) >= 11 is 1.52. The summed E-state index contributed by atoms with van der Waals surface area (Å²) in [6.07, 6.45) is 0.880. The number of thiazole rings is 1. The average Bonchev–Trinajstić information content (AvgIpc) is 3.13. The topological polar surface area (TPSA) is 63.7 Å². The number of nitrogens with zero attached hydrogens (tertiary/aromatic N) is 2. The van der Waals surface area contributed by atoms with Crippen LogP contribution in [0.1, 0.15) is 43.2 Å². The summed E-state index contributed by atoms with van der Waals surface area (Å²) in [5, 5.41) is 5.68. The maximum atomic E-state index is 12.5. The average molecular weight is 406 g/mol. The Morgan fingerprint density at radius 1 is 1.25 bits per heavy atom. The number of hydrogen-bond donors (Lipinski definition) is 1. The van der Waals surface area contributed by atoms with Gasteiger partial charge in [0.15, 0.2) is 11.5 Å². The number of rotatable bonds is 11. The second-order valence-corrected chi connectivity index (χ2v) is 7.86. The second kappa shape index (κ2) is 11.0. The van der Waals surface area contributed by atoms with Gasteiger partial charge in [0, 0.05) is 30.1 Å². The van der Waals surface area contributed by atoms with E-state index < -0.39 is 0 Å². The van der Waals surface area contributed by atoms with Crippen LogP contribution in [0.25, 0.3) is 0 Å². The van der Waals surface area contributed by atoms with Crippen molar-refractivity contribution in [2.75, 3.05) is 38.7 Å². The molecule has 1 aromatic heterocycles. The molecule has 154 valence electrons. The largest absolute Gasteiger partial charge is 0.493 e. The maximum absolute atomic E-state index is 12.5. The molecule has 0 aliphatic rings. The molecule has 1 N–H and O–H groups in total. The molecule has 0 saturated heterocycles. The zero-order chi connectivity index (χ0) is 20.5. The number of carbonyl (C=O) groups is 1. The summed E-state index contributed by atoms with van der Waals surface area (Å²) in [6, 6.07) is 5.39. The molecule has 0 saturated carbocycles. The summed E-state index contributed by atoms with van der Waals surface area (Å²) in [4.78, 5) is 19.2. The predicted molar refractivity (Wildman–Crippen MR) is 115 cm³/mol. The van der Waals surface area contributed by atoms with E-state index in [0.29, 0.717) is 35.4 Å². The van der Waals surface area contributed by atoms with E-state index in [1.807, 2.05) is 0 Å². The van der Waals surface area contributed by atoms with Gasteiger partial charge in [0.1, 0.15) is 12.3 Å². The van der Waals surface area contributed by atoms with Gasteiger partial charge in [-0.2, -0.15) is 0 Å². The number of ether oxygens (including phenoxy) is 2. The first-order valence-corrected chi connectivity index (χ1v) is 10.6. The van der Waals surface area contributed by atoms with Gasteiger partial charge in [-0.05, 0) is 31.1 Å². The zero-order valence-corrected chi connectivity index (χ0v) is 18.3. The third kappa shape index (κ3) is 6.49. The van der Waals surface area contributed by atoms with Crippen molar-refractivity contribution < 1.29 is 14.3 Å². The highest BCUT2D eigenvalue weighted by molar-refractivity contribution is 7.09. The molecule has 2 aromatic rings. The van der Waals surface area contributed by atoms with Crippen LogP contribution < -0.4 is 14.8 Å². The number of amides is 1. The zero-order valence-electron chi connectivity index (χ0n) is 17.4. The highest BCUT2D eigenvalue weighted by Gasteiger charge is 2.14. The smallest absolute Gasteiger partial charge is 0.275 e. The van der Waals surface area contributed by atoms with Gasteiger partial charge in [0.25, 0.3) is 5.91 Å². The standard InChI is InChI=1S/C21H31N3O3S/c1-6-24(7-2)10-11-27-19-13-16(8-9-18(19)26-5)22-21(25)17-14-28-20(23-17)12-15(3)4/h8-9,13-15H,6-7,10-12H2,1-5H3,(H,22,25). The molecule has 6 nitrogen and oxygen atoms in total. The second-order valence-electron chi connectivity index (χ2n) is 6.92. The van der Waals surface area contributed by atoms with Gasteiger partial charge >= 0.3 is 0 Å². The number of methoxy groups -OCH3 is 1. The van der Waals surface area contributed by atoms with E-state index in [4.69, 9.17) is 9.47 Å². The fraction of sp³-hybridized carbons (Fsp3) is 0.524. The number of anilines is 1. The van der Waals surface area contributed by atoms with Gasteiger partial charge in [-0.3, -0.25) is 4.79 Å². The number of benzene rings is 1. The van der Waals surface area contributed by atoms with Crippen LogP contribution in [-0.4, -0.2) is 49.1 Å². The molecule has 2 rings (SSSR count). The summed E-state index contributed by atoms with van der Waals surface area (Å²) < 4.78 is 11.3. The van der Waals surface area contributed by atoms with Gasteiger partial charge in [-0.25, -0.2) is 4.98 Å². The normalized spacial score (nSPS) is 11.1. The Morgan fingerprint density at radius 2 is 2.00 bits per heavy atom. The van der Waals surface area contributed by atoms with Crippen molar-refractivity contribution in [1.29, 1.82) is 0 Å². The van der Waals surface area contributed by atoms with Crippen molar-refractivity contribution in [3.05, 3.63) is 34.3 Å². The van der Waals surface area contributed by atoms with Crippen LogP contribution in [0.3, 0.4) is 0 Å². The van der Waals surface area contributed by atoms with E-state index >= 15 is 0 Å². The lowest BCUT2D eigenvalue weighted by molar-refractivity contribution is 0.102. The highest BCUT2D eigenvalue weighted by Crippen LogP contribution is 2.30. The van der Waals surface area contributed by atoms with Gasteiger partial charge in [-0.15, -0.1) is 11.3 Å². The van der Waals surface area contributed by atoms with Crippen molar-refractivity contribution in [3.8, 4) is 11.5 Å². The third-order valence-corrected chi connectivity index (χ3v) is 5.22. The molecular weight excluding hydrogens is 374 g/mol. The van der Waals surface area contributed by atoms with E-state index in [1.54, 1.807) is 30.7 Å². The minimum atomic E-state index is -0.217. The molecule has 0 fully saturated rings. The lowest BCUT2D eigenvalue weighted by atomic mass is 10.1. The van der Waals surface area contributed by atoms with Gasteiger partial charge < -0.3 is 19.7 Å². The Kier molecular flexibility index (Phi) is 8.73. The molecule has 0 radical (unpaired) electrons. The number of hydrogen-bond acceptors (Lipinski definition) is 6. The Morgan fingerprint density at radius 3 is 2.64 bits per heavy atom. The van der Waals surface area contributed by atoms with E-state index in [-0.39, 0.29) is 5.91 Å². The van der Waals surface area contributed by atoms with Gasteiger partial charge in [0.05, 0.1) is 12.1 Å². The number of likely N-dealkylation sites (N-methyl/N-ethyl adjacent to an activating group) is 1. The lowest BCUT2D eigenvalue weighted by Crippen LogP contribution is -2.28. The minimum Gasteiger partial charge on any atom is -0.493 e.